The van der Waals surface area contributed by atoms with Crippen LogP contribution in [0.3, 0.4) is 0 Å². The number of alkyl halides is 2. The Morgan fingerprint density at radius 1 is 1.50 bits per heavy atom. The van der Waals surface area contributed by atoms with Crippen molar-refractivity contribution in [1.82, 2.24) is 5.32 Å². The van der Waals surface area contributed by atoms with Crippen LogP contribution in [0, 0.1) is 0 Å². The molecule has 0 saturated carbocycles. The molecule has 0 aromatic heterocycles. The number of rotatable bonds is 6. The maximum Gasteiger partial charge on any atom is 0.387 e. The monoisotopic (exact) mass is 322 g/mol. The lowest BCUT2D eigenvalue weighted by molar-refractivity contribution is -0.121. The van der Waals surface area contributed by atoms with Crippen LogP contribution in [-0.4, -0.2) is 19.1 Å². The number of hydrogen-bond acceptors (Lipinski definition) is 3. The number of ether oxygens (including phenoxy) is 1. The van der Waals surface area contributed by atoms with E-state index >= 15 is 0 Å². The van der Waals surface area contributed by atoms with Crippen molar-refractivity contribution < 1.29 is 18.3 Å². The topological polar surface area (TPSA) is 64.4 Å². The van der Waals surface area contributed by atoms with E-state index in [1.165, 1.54) is 6.07 Å². The highest BCUT2D eigenvalue weighted by atomic mass is 79.9. The van der Waals surface area contributed by atoms with E-state index in [2.05, 4.69) is 26.0 Å². The Labute approximate surface area is 112 Å². The van der Waals surface area contributed by atoms with Gasteiger partial charge >= 0.3 is 6.61 Å². The second-order valence-electron chi connectivity index (χ2n) is 3.45. The van der Waals surface area contributed by atoms with Crippen LogP contribution in [0.25, 0.3) is 0 Å². The summed E-state index contributed by atoms with van der Waals surface area (Å²) in [6.07, 6.45) is 0.193. The van der Waals surface area contributed by atoms with Crippen LogP contribution in [0.4, 0.5) is 8.78 Å². The summed E-state index contributed by atoms with van der Waals surface area (Å²) in [5.74, 6) is -0.193. The molecule has 0 fully saturated rings. The molecule has 100 valence electrons. The van der Waals surface area contributed by atoms with Crippen molar-refractivity contribution in [2.75, 3.05) is 6.54 Å². The van der Waals surface area contributed by atoms with Crippen molar-refractivity contribution in [2.24, 2.45) is 5.73 Å². The Kier molecular flexibility index (Phi) is 6.00. The summed E-state index contributed by atoms with van der Waals surface area (Å²) in [5.41, 5.74) is 5.69. The van der Waals surface area contributed by atoms with Crippen molar-refractivity contribution in [3.8, 4) is 5.75 Å². The normalized spacial score (nSPS) is 10.5. The summed E-state index contributed by atoms with van der Waals surface area (Å²) in [6.45, 7) is -2.55. The van der Waals surface area contributed by atoms with Crippen LogP contribution in [0.2, 0.25) is 0 Å². The van der Waals surface area contributed by atoms with Gasteiger partial charge in [0.25, 0.3) is 0 Å². The molecule has 18 heavy (non-hydrogen) atoms. The van der Waals surface area contributed by atoms with E-state index in [4.69, 9.17) is 5.73 Å². The molecule has 7 heteroatoms. The van der Waals surface area contributed by atoms with Gasteiger partial charge in [0.2, 0.25) is 5.91 Å². The Hall–Kier alpha value is -1.21. The maximum absolute atomic E-state index is 12.2. The average molecular weight is 323 g/mol. The molecule has 0 saturated heterocycles. The fraction of sp³-hybridized carbons (Fsp3) is 0.364. The molecule has 0 spiro atoms. The summed E-state index contributed by atoms with van der Waals surface area (Å²) in [4.78, 5) is 11.2. The van der Waals surface area contributed by atoms with Gasteiger partial charge in [-0.05, 0) is 18.2 Å². The first-order valence-corrected chi connectivity index (χ1v) is 6.02. The Morgan fingerprint density at radius 2 is 2.22 bits per heavy atom. The minimum atomic E-state index is -2.90. The zero-order valence-electron chi connectivity index (χ0n) is 9.46. The van der Waals surface area contributed by atoms with Gasteiger partial charge in [0.1, 0.15) is 5.75 Å². The van der Waals surface area contributed by atoms with Crippen LogP contribution in [0.15, 0.2) is 22.7 Å². The van der Waals surface area contributed by atoms with Gasteiger partial charge in [-0.2, -0.15) is 8.78 Å². The van der Waals surface area contributed by atoms with Gasteiger partial charge < -0.3 is 15.8 Å². The van der Waals surface area contributed by atoms with Gasteiger partial charge in [-0.25, -0.2) is 0 Å². The molecular formula is C11H13BrF2N2O2. The van der Waals surface area contributed by atoms with Crippen LogP contribution in [0.5, 0.6) is 5.75 Å². The fourth-order valence-electron chi connectivity index (χ4n) is 1.31. The summed E-state index contributed by atoms with van der Waals surface area (Å²) in [7, 11) is 0. The van der Waals surface area contributed by atoms with Crippen molar-refractivity contribution >= 4 is 21.8 Å². The average Bonchev–Trinajstić information content (AvgIpc) is 2.29. The summed E-state index contributed by atoms with van der Waals surface area (Å²) < 4.78 is 29.4. The predicted octanol–water partition coefficient (Wildman–Crippen LogP) is 2.02. The lowest BCUT2D eigenvalue weighted by Gasteiger charge is -2.12. The van der Waals surface area contributed by atoms with E-state index in [1.54, 1.807) is 12.1 Å². The first-order valence-electron chi connectivity index (χ1n) is 5.23. The highest BCUT2D eigenvalue weighted by molar-refractivity contribution is 9.10. The quantitative estimate of drug-likeness (QED) is 0.842. The summed E-state index contributed by atoms with van der Waals surface area (Å²) >= 11 is 3.22. The standard InChI is InChI=1S/C11H13BrF2N2O2/c12-8-1-2-9(18-11(13)14)7(5-8)6-16-10(17)3-4-15/h1-2,5,11H,3-4,6,15H2,(H,16,17). The molecule has 0 unspecified atom stereocenters. The highest BCUT2D eigenvalue weighted by Crippen LogP contribution is 2.24. The maximum atomic E-state index is 12.2. The number of amides is 1. The molecule has 0 aliphatic carbocycles. The minimum Gasteiger partial charge on any atom is -0.434 e. The third-order valence-electron chi connectivity index (χ3n) is 2.09. The molecular weight excluding hydrogens is 310 g/mol. The molecule has 0 heterocycles. The van der Waals surface area contributed by atoms with Crippen molar-refractivity contribution in [3.63, 3.8) is 0 Å². The molecule has 4 nitrogen and oxygen atoms in total. The number of halogens is 3. The van der Waals surface area contributed by atoms with Gasteiger partial charge in [0, 0.05) is 29.5 Å². The van der Waals surface area contributed by atoms with E-state index in [0.717, 1.165) is 0 Å². The molecule has 1 rings (SSSR count). The SMILES string of the molecule is NCCC(=O)NCc1cc(Br)ccc1OC(F)F. The molecule has 0 atom stereocenters. The molecule has 3 N–H and O–H groups in total. The third kappa shape index (κ3) is 4.97. The van der Waals surface area contributed by atoms with E-state index < -0.39 is 6.61 Å². The number of nitrogens with one attached hydrogen (secondary N) is 1. The van der Waals surface area contributed by atoms with E-state index in [0.29, 0.717) is 10.0 Å². The zero-order valence-corrected chi connectivity index (χ0v) is 11.0. The lowest BCUT2D eigenvalue weighted by atomic mass is 10.2. The second-order valence-corrected chi connectivity index (χ2v) is 4.36. The largest absolute Gasteiger partial charge is 0.434 e. The number of benzene rings is 1. The van der Waals surface area contributed by atoms with Gasteiger partial charge in [-0.15, -0.1) is 0 Å². The molecule has 0 aliphatic heterocycles. The van der Waals surface area contributed by atoms with Gasteiger partial charge in [-0.1, -0.05) is 15.9 Å². The van der Waals surface area contributed by atoms with E-state index in [-0.39, 0.29) is 31.2 Å². The molecule has 1 aromatic carbocycles. The van der Waals surface area contributed by atoms with Crippen LogP contribution in [0.1, 0.15) is 12.0 Å². The van der Waals surface area contributed by atoms with Crippen LogP contribution < -0.4 is 15.8 Å². The molecule has 0 radical (unpaired) electrons. The first-order chi connectivity index (χ1) is 8.52. The lowest BCUT2D eigenvalue weighted by Crippen LogP contribution is -2.25. The minimum absolute atomic E-state index is 0.0428. The predicted molar refractivity (Wildman–Crippen MR) is 66.3 cm³/mol. The second kappa shape index (κ2) is 7.27. The summed E-state index contributed by atoms with van der Waals surface area (Å²) in [6, 6.07) is 4.62. The molecule has 1 aromatic rings. The first kappa shape index (κ1) is 14.8. The Morgan fingerprint density at radius 3 is 2.83 bits per heavy atom. The van der Waals surface area contributed by atoms with Crippen molar-refractivity contribution in [3.05, 3.63) is 28.2 Å². The molecule has 1 amide bonds. The molecule has 0 bridgehead atoms. The van der Waals surface area contributed by atoms with Gasteiger partial charge in [0.15, 0.2) is 0 Å². The Balaban J connectivity index is 2.72. The highest BCUT2D eigenvalue weighted by Gasteiger charge is 2.11. The fourth-order valence-corrected chi connectivity index (χ4v) is 1.72. The van der Waals surface area contributed by atoms with Crippen LogP contribution in [-0.2, 0) is 11.3 Å². The number of carbonyl (C=O) groups is 1. The number of nitrogens with two attached hydrogens (primary N) is 1. The Bertz CT molecular complexity index is 416. The summed E-state index contributed by atoms with van der Waals surface area (Å²) in [5, 5.41) is 2.58. The number of hydrogen-bond donors (Lipinski definition) is 2. The van der Waals surface area contributed by atoms with Gasteiger partial charge in [-0.3, -0.25) is 4.79 Å². The van der Waals surface area contributed by atoms with Crippen molar-refractivity contribution in [1.29, 1.82) is 0 Å². The number of carbonyl (C=O) groups excluding carboxylic acids is 1. The van der Waals surface area contributed by atoms with Gasteiger partial charge in [0.05, 0.1) is 0 Å². The third-order valence-corrected chi connectivity index (χ3v) is 2.58. The van der Waals surface area contributed by atoms with E-state index in [1.807, 2.05) is 0 Å². The van der Waals surface area contributed by atoms with Crippen LogP contribution >= 0.6 is 15.9 Å². The smallest absolute Gasteiger partial charge is 0.387 e. The van der Waals surface area contributed by atoms with Crippen molar-refractivity contribution in [2.45, 2.75) is 19.6 Å². The molecule has 0 aliphatic rings. The van der Waals surface area contributed by atoms with E-state index in [9.17, 15) is 13.6 Å². The zero-order chi connectivity index (χ0) is 13.5.